The minimum Gasteiger partial charge on any atom is -0.459 e. The number of benzene rings is 1. The monoisotopic (exact) mass is 512 g/mol. The third-order valence-corrected chi connectivity index (χ3v) is 10.4. The quantitative estimate of drug-likeness (QED) is 0.260. The maximum atomic E-state index is 13.1. The lowest BCUT2D eigenvalue weighted by Crippen LogP contribution is -2.45. The van der Waals surface area contributed by atoms with Gasteiger partial charge in [0.1, 0.15) is 17.6 Å². The molecule has 0 bridgehead atoms. The van der Waals surface area contributed by atoms with Crippen LogP contribution in [0.2, 0.25) is 18.1 Å². The molecule has 0 aliphatic rings. The van der Waals surface area contributed by atoms with Crippen molar-refractivity contribution >= 4 is 24.4 Å². The molecule has 0 aliphatic carbocycles. The van der Waals surface area contributed by atoms with Crippen molar-refractivity contribution in [2.24, 2.45) is 0 Å². The number of carbonyl (C=O) groups excluding carboxylic acids is 1. The van der Waals surface area contributed by atoms with Crippen LogP contribution in [0.4, 0.5) is 13.2 Å². The molecule has 0 aromatic heterocycles. The smallest absolute Gasteiger partial charge is 0.416 e. The van der Waals surface area contributed by atoms with Gasteiger partial charge >= 0.3 is 12.1 Å². The molecule has 0 amide bonds. The topological polar surface area (TPSA) is 78.9 Å². The maximum Gasteiger partial charge on any atom is 0.416 e. The Kier molecular flexibility index (Phi) is 9.01. The van der Waals surface area contributed by atoms with Crippen LogP contribution in [0.5, 0.6) is 0 Å². The largest absolute Gasteiger partial charge is 0.459 e. The summed E-state index contributed by atoms with van der Waals surface area (Å²) in [6.07, 6.45) is -5.06. The first-order valence-corrected chi connectivity index (χ1v) is 15.2. The van der Waals surface area contributed by atoms with Crippen LogP contribution in [0.1, 0.15) is 58.6 Å². The zero-order valence-electron chi connectivity index (χ0n) is 20.7. The molecular weight excluding hydrogens is 477 g/mol. The van der Waals surface area contributed by atoms with E-state index in [0.717, 1.165) is 30.5 Å². The van der Waals surface area contributed by atoms with E-state index in [1.807, 2.05) is 33.9 Å². The van der Waals surface area contributed by atoms with E-state index in [-0.39, 0.29) is 17.2 Å². The number of ether oxygens (including phenoxy) is 1. The highest BCUT2D eigenvalue weighted by atomic mass is 32.2. The van der Waals surface area contributed by atoms with Gasteiger partial charge in [-0.3, -0.25) is 8.98 Å². The highest BCUT2D eigenvalue weighted by molar-refractivity contribution is 7.86. The van der Waals surface area contributed by atoms with Crippen molar-refractivity contribution in [2.45, 2.75) is 83.5 Å². The van der Waals surface area contributed by atoms with Crippen LogP contribution < -0.4 is 0 Å². The molecule has 0 aliphatic heterocycles. The summed E-state index contributed by atoms with van der Waals surface area (Å²) in [5, 5.41) is -0.210. The molecule has 0 saturated carbocycles. The number of rotatable bonds is 8. The Morgan fingerprint density at radius 3 is 1.85 bits per heavy atom. The fourth-order valence-electron chi connectivity index (χ4n) is 2.66. The fraction of sp³-hybridized carbons (Fsp3) is 0.682. The molecule has 0 N–H and O–H groups in total. The first-order valence-electron chi connectivity index (χ1n) is 10.5. The highest BCUT2D eigenvalue weighted by Gasteiger charge is 2.42. The van der Waals surface area contributed by atoms with Crippen molar-refractivity contribution in [2.75, 3.05) is 12.9 Å². The Morgan fingerprint density at radius 1 is 1.00 bits per heavy atom. The molecule has 1 aromatic rings. The molecule has 0 saturated heterocycles. The third-order valence-electron chi connectivity index (χ3n) is 5.34. The summed E-state index contributed by atoms with van der Waals surface area (Å²) in [6.45, 7) is 14.5. The van der Waals surface area contributed by atoms with E-state index < -0.39 is 53.8 Å². The van der Waals surface area contributed by atoms with Crippen LogP contribution in [0, 0.1) is 0 Å². The van der Waals surface area contributed by atoms with Gasteiger partial charge in [0.15, 0.2) is 8.32 Å². The van der Waals surface area contributed by atoms with E-state index in [9.17, 15) is 26.4 Å². The molecule has 2 atom stereocenters. The molecule has 0 heterocycles. The second kappa shape index (κ2) is 10.0. The summed E-state index contributed by atoms with van der Waals surface area (Å²) < 4.78 is 80.0. The van der Waals surface area contributed by atoms with Crippen molar-refractivity contribution in [1.82, 2.24) is 0 Å². The number of esters is 1. The minimum atomic E-state index is -4.56. The van der Waals surface area contributed by atoms with Gasteiger partial charge in [-0.2, -0.15) is 21.6 Å². The molecule has 1 rings (SSSR count). The molecule has 33 heavy (non-hydrogen) atoms. The summed E-state index contributed by atoms with van der Waals surface area (Å²) in [7, 11) is -6.42. The van der Waals surface area contributed by atoms with Crippen LogP contribution in [0.25, 0.3) is 0 Å². The molecule has 1 aromatic carbocycles. The average Bonchev–Trinajstić information content (AvgIpc) is 2.55. The van der Waals surface area contributed by atoms with Crippen molar-refractivity contribution < 1.29 is 39.7 Å². The number of hydrogen-bond donors (Lipinski definition) is 0. The van der Waals surface area contributed by atoms with Gasteiger partial charge in [-0.05, 0) is 56.6 Å². The minimum absolute atomic E-state index is 0.129. The Bertz CT molecular complexity index is 913. The van der Waals surface area contributed by atoms with Gasteiger partial charge in [-0.1, -0.05) is 32.9 Å². The third kappa shape index (κ3) is 9.38. The van der Waals surface area contributed by atoms with Crippen LogP contribution in [-0.4, -0.2) is 47.3 Å². The van der Waals surface area contributed by atoms with Crippen molar-refractivity contribution in [1.29, 1.82) is 0 Å². The fourth-order valence-corrected chi connectivity index (χ4v) is 4.29. The predicted molar refractivity (Wildman–Crippen MR) is 123 cm³/mol. The summed E-state index contributed by atoms with van der Waals surface area (Å²) in [5.74, 6) is -2.15. The lowest BCUT2D eigenvalue weighted by Gasteiger charge is -2.38. The molecule has 11 heteroatoms. The summed E-state index contributed by atoms with van der Waals surface area (Å²) in [5.41, 5.74) is -1.69. The van der Waals surface area contributed by atoms with Crippen LogP contribution in [0.3, 0.4) is 0 Å². The zero-order valence-corrected chi connectivity index (χ0v) is 22.5. The number of halogens is 3. The highest BCUT2D eigenvalue weighted by Crippen LogP contribution is 2.38. The maximum absolute atomic E-state index is 13.1. The number of carbonyl (C=O) groups is 1. The van der Waals surface area contributed by atoms with E-state index in [4.69, 9.17) is 13.3 Å². The molecule has 190 valence electrons. The lowest BCUT2D eigenvalue weighted by molar-refractivity contribution is -0.159. The molecular formula is C22H35F3O6SSi. The standard InChI is InChI=1S/C22H35F3O6SSi/c1-20(2,3)30-19(26)18(15-10-12-16(13-11-15)22(23,24)25)17(31-32(7,27)28)14-29-33(8,9)21(4,5)6/h10-13,17-18H,14H2,1-9H3/t17-,18-/m0/s1. The summed E-state index contributed by atoms with van der Waals surface area (Å²) in [4.78, 5) is 13.1. The van der Waals surface area contributed by atoms with Crippen molar-refractivity contribution in [3.63, 3.8) is 0 Å². The van der Waals surface area contributed by atoms with E-state index in [1.54, 1.807) is 20.8 Å². The SMILES string of the molecule is CC(C)(C)OC(=O)[C@@H](c1ccc(C(F)(F)F)cc1)[C@H](CO[Si](C)(C)C(C)(C)C)OS(C)(=O)=O. The Hall–Kier alpha value is -1.43. The second-order valence-corrected chi connectivity index (χ2v) is 17.0. The Labute approximate surface area is 196 Å². The molecule has 6 nitrogen and oxygen atoms in total. The van der Waals surface area contributed by atoms with E-state index >= 15 is 0 Å². The van der Waals surface area contributed by atoms with E-state index in [1.165, 1.54) is 0 Å². The Morgan fingerprint density at radius 2 is 1.48 bits per heavy atom. The van der Waals surface area contributed by atoms with Crippen molar-refractivity contribution in [3.8, 4) is 0 Å². The van der Waals surface area contributed by atoms with Gasteiger partial charge in [-0.25, -0.2) is 0 Å². The second-order valence-electron chi connectivity index (χ2n) is 10.5. The van der Waals surface area contributed by atoms with Gasteiger partial charge < -0.3 is 9.16 Å². The van der Waals surface area contributed by atoms with Crippen LogP contribution >= 0.6 is 0 Å². The van der Waals surface area contributed by atoms with Gasteiger partial charge in [0.2, 0.25) is 0 Å². The van der Waals surface area contributed by atoms with Gasteiger partial charge in [-0.15, -0.1) is 0 Å². The average molecular weight is 513 g/mol. The normalized spacial score (nSPS) is 15.8. The van der Waals surface area contributed by atoms with Gasteiger partial charge in [0.05, 0.1) is 18.4 Å². The lowest BCUT2D eigenvalue weighted by atomic mass is 9.92. The van der Waals surface area contributed by atoms with Gasteiger partial charge in [0, 0.05) is 0 Å². The van der Waals surface area contributed by atoms with Gasteiger partial charge in [0.25, 0.3) is 10.1 Å². The molecule has 0 fully saturated rings. The predicted octanol–water partition coefficient (Wildman–Crippen LogP) is 5.50. The summed E-state index contributed by atoms with van der Waals surface area (Å²) >= 11 is 0. The number of alkyl halides is 3. The summed E-state index contributed by atoms with van der Waals surface area (Å²) in [6, 6.07) is 3.92. The number of hydrogen-bond acceptors (Lipinski definition) is 6. The van der Waals surface area contributed by atoms with Crippen LogP contribution in [0.15, 0.2) is 24.3 Å². The van der Waals surface area contributed by atoms with E-state index in [2.05, 4.69) is 0 Å². The Balaban J connectivity index is 3.50. The van der Waals surface area contributed by atoms with Crippen molar-refractivity contribution in [3.05, 3.63) is 35.4 Å². The van der Waals surface area contributed by atoms with E-state index in [0.29, 0.717) is 0 Å². The first kappa shape index (κ1) is 29.6. The molecule has 0 radical (unpaired) electrons. The molecule has 0 unspecified atom stereocenters. The molecule has 0 spiro atoms. The zero-order chi connectivity index (χ0) is 26.0. The first-order chi connectivity index (χ1) is 14.5. The van der Waals surface area contributed by atoms with Crippen LogP contribution in [-0.2, 0) is 34.4 Å².